The van der Waals surface area contributed by atoms with Gasteiger partial charge in [-0.05, 0) is 88.6 Å². The minimum atomic E-state index is -0.474. The highest BCUT2D eigenvalue weighted by atomic mass is 14.2. The van der Waals surface area contributed by atoms with E-state index in [1.54, 1.807) is 0 Å². The molecule has 0 fully saturated rings. The molecule has 0 saturated carbocycles. The Morgan fingerprint density at radius 3 is 1.55 bits per heavy atom. The number of fused-ring (bicyclic) bond motifs is 4. The molecule has 40 heavy (non-hydrogen) atoms. The van der Waals surface area contributed by atoms with Crippen LogP contribution in [0.5, 0.6) is 0 Å². The normalized spacial score (nSPS) is 13.9. The number of benzene rings is 8. The first-order chi connectivity index (χ1) is 22.8. The van der Waals surface area contributed by atoms with E-state index in [-0.39, 0.29) is 40.5 Å². The lowest BCUT2D eigenvalue weighted by Crippen LogP contribution is -1.91. The van der Waals surface area contributed by atoms with Gasteiger partial charge in [0, 0.05) is 0 Å². The highest BCUT2D eigenvalue weighted by Crippen LogP contribution is 2.44. The molecule has 0 heterocycles. The van der Waals surface area contributed by atoms with Gasteiger partial charge in [-0.3, -0.25) is 0 Å². The van der Waals surface area contributed by atoms with Crippen molar-refractivity contribution in [3.05, 3.63) is 158 Å². The molecule has 0 N–H and O–H groups in total. The first-order valence-corrected chi connectivity index (χ1v) is 13.3. The lowest BCUT2D eigenvalue weighted by Gasteiger charge is -2.18. The van der Waals surface area contributed by atoms with Gasteiger partial charge < -0.3 is 0 Å². The molecule has 0 aromatic heterocycles. The van der Waals surface area contributed by atoms with E-state index in [2.05, 4.69) is 78.9 Å². The van der Waals surface area contributed by atoms with Gasteiger partial charge in [-0.2, -0.15) is 0 Å². The zero-order valence-corrected chi connectivity index (χ0v) is 21.5. The molecule has 8 aromatic carbocycles. The summed E-state index contributed by atoms with van der Waals surface area (Å²) in [5.74, 6) is 0. The second kappa shape index (κ2) is 9.22. The molecule has 8 rings (SSSR count). The Hall–Kier alpha value is -5.20. The summed E-state index contributed by atoms with van der Waals surface area (Å²) < 4.78 is 59.3. The zero-order valence-electron chi connectivity index (χ0n) is 28.5. The summed E-state index contributed by atoms with van der Waals surface area (Å²) in [5, 5.41) is 6.68. The lowest BCUT2D eigenvalue weighted by atomic mass is 9.85. The van der Waals surface area contributed by atoms with E-state index in [9.17, 15) is 0 Å². The Morgan fingerprint density at radius 2 is 0.875 bits per heavy atom. The van der Waals surface area contributed by atoms with Gasteiger partial charge in [0.1, 0.15) is 0 Å². The maximum absolute atomic E-state index is 8.96. The van der Waals surface area contributed by atoms with Crippen LogP contribution in [0.15, 0.2) is 158 Å². The first kappa shape index (κ1) is 16.7. The van der Waals surface area contributed by atoms with E-state index in [1.807, 2.05) is 36.4 Å². The predicted molar refractivity (Wildman–Crippen MR) is 173 cm³/mol. The SMILES string of the molecule is [2H]c1c([2H])c([2H])c2c([2H])c(-c3ccc(-c4c5ccccc5c(-c5ccc6ccccc6c5)c5ccccc45)cc3)c([2H])c([2H])c2c1[2H]. The van der Waals surface area contributed by atoms with Crippen molar-refractivity contribution in [3.8, 4) is 33.4 Å². The second-order valence-electron chi connectivity index (χ2n) is 9.98. The fourth-order valence-corrected chi connectivity index (χ4v) is 5.82. The van der Waals surface area contributed by atoms with Gasteiger partial charge >= 0.3 is 0 Å². The van der Waals surface area contributed by atoms with Gasteiger partial charge in [0.15, 0.2) is 0 Å². The molecule has 0 aliphatic rings. The van der Waals surface area contributed by atoms with Crippen molar-refractivity contribution in [2.45, 2.75) is 0 Å². The third-order valence-corrected chi connectivity index (χ3v) is 7.68. The monoisotopic (exact) mass is 513 g/mol. The lowest BCUT2D eigenvalue weighted by molar-refractivity contribution is 1.63. The molecule has 0 spiro atoms. The zero-order chi connectivity index (χ0) is 32.6. The molecule has 8 aromatic rings. The van der Waals surface area contributed by atoms with Crippen LogP contribution >= 0.6 is 0 Å². The van der Waals surface area contributed by atoms with Gasteiger partial charge in [0.2, 0.25) is 0 Å². The van der Waals surface area contributed by atoms with Crippen LogP contribution in [0.2, 0.25) is 0 Å². The van der Waals surface area contributed by atoms with Crippen LogP contribution in [-0.2, 0) is 0 Å². The summed E-state index contributed by atoms with van der Waals surface area (Å²) in [6.45, 7) is 0. The van der Waals surface area contributed by atoms with E-state index in [0.29, 0.717) is 5.56 Å². The second-order valence-corrected chi connectivity index (χ2v) is 9.98. The highest BCUT2D eigenvalue weighted by Gasteiger charge is 2.16. The fourth-order valence-electron chi connectivity index (χ4n) is 5.82. The molecule has 0 heteroatoms. The molecule has 0 aliphatic heterocycles. The number of hydrogen-bond acceptors (Lipinski definition) is 0. The molecule has 0 saturated heterocycles. The summed E-state index contributed by atoms with van der Waals surface area (Å²) in [7, 11) is 0. The Balaban J connectivity index is 1.35. The highest BCUT2D eigenvalue weighted by molar-refractivity contribution is 6.21. The third-order valence-electron chi connectivity index (χ3n) is 7.68. The molecule has 0 nitrogen and oxygen atoms in total. The average molecular weight is 514 g/mol. The topological polar surface area (TPSA) is 0 Å². The van der Waals surface area contributed by atoms with Crippen LogP contribution in [0.3, 0.4) is 0 Å². The third kappa shape index (κ3) is 3.69. The Bertz CT molecular complexity index is 2530. The van der Waals surface area contributed by atoms with Gasteiger partial charge in [0.25, 0.3) is 0 Å². The quantitative estimate of drug-likeness (QED) is 0.206. The molecular formula is C40H26. The minimum Gasteiger partial charge on any atom is -0.0616 e. The van der Waals surface area contributed by atoms with E-state index < -0.39 is 18.1 Å². The summed E-state index contributed by atoms with van der Waals surface area (Å²) in [6, 6.07) is 36.9. The Labute approximate surface area is 243 Å². The van der Waals surface area contributed by atoms with E-state index in [1.165, 1.54) is 16.3 Å². The largest absolute Gasteiger partial charge is 0.0636 e. The van der Waals surface area contributed by atoms with E-state index in [0.717, 1.165) is 38.2 Å². The van der Waals surface area contributed by atoms with Gasteiger partial charge in [-0.25, -0.2) is 0 Å². The van der Waals surface area contributed by atoms with Crippen molar-refractivity contribution in [2.75, 3.05) is 0 Å². The van der Waals surface area contributed by atoms with Crippen LogP contribution in [0.1, 0.15) is 9.60 Å². The molecule has 0 bridgehead atoms. The predicted octanol–water partition coefficient (Wildman–Crippen LogP) is 11.3. The van der Waals surface area contributed by atoms with Crippen LogP contribution in [-0.4, -0.2) is 0 Å². The molecule has 0 amide bonds. The standard InChI is InChI=1S/C40H26/c1-3-11-31-25-33(23-19-27(31)9-1)29-17-21-30(22-18-29)39-35-13-5-7-15-37(35)40(38-16-8-6-14-36(38)39)34-24-20-28-10-2-4-12-32(28)26-34/h1-26H/i1D,3D,9D,11D,19D,23D,25D. The molecule has 0 aliphatic carbocycles. The van der Waals surface area contributed by atoms with Gasteiger partial charge in [0.05, 0.1) is 9.60 Å². The average Bonchev–Trinajstić information content (AvgIpc) is 3.10. The van der Waals surface area contributed by atoms with Crippen LogP contribution in [0, 0.1) is 0 Å². The number of hydrogen-bond donors (Lipinski definition) is 0. The molecule has 0 radical (unpaired) electrons. The van der Waals surface area contributed by atoms with Crippen molar-refractivity contribution in [3.63, 3.8) is 0 Å². The van der Waals surface area contributed by atoms with Crippen molar-refractivity contribution < 1.29 is 9.60 Å². The maximum atomic E-state index is 8.96. The van der Waals surface area contributed by atoms with Crippen LogP contribution in [0.25, 0.3) is 76.5 Å². The van der Waals surface area contributed by atoms with Gasteiger partial charge in [-0.15, -0.1) is 0 Å². The fraction of sp³-hybridized carbons (Fsp3) is 0. The van der Waals surface area contributed by atoms with E-state index in [4.69, 9.17) is 9.60 Å². The molecule has 186 valence electrons. The summed E-state index contributed by atoms with van der Waals surface area (Å²) in [4.78, 5) is 0. The number of rotatable bonds is 3. The molecule has 0 atom stereocenters. The van der Waals surface area contributed by atoms with Crippen LogP contribution < -0.4 is 0 Å². The summed E-state index contributed by atoms with van der Waals surface area (Å²) >= 11 is 0. The van der Waals surface area contributed by atoms with Crippen molar-refractivity contribution in [1.82, 2.24) is 0 Å². The summed E-state index contributed by atoms with van der Waals surface area (Å²) in [5.41, 5.74) is 5.04. The Morgan fingerprint density at radius 1 is 0.350 bits per heavy atom. The Kier molecular flexibility index (Phi) is 3.85. The molecular weight excluding hydrogens is 480 g/mol. The van der Waals surface area contributed by atoms with Crippen LogP contribution in [0.4, 0.5) is 0 Å². The molecule has 0 unspecified atom stereocenters. The smallest absolute Gasteiger partial charge is 0.0616 e. The van der Waals surface area contributed by atoms with Crippen molar-refractivity contribution >= 4 is 43.1 Å². The minimum absolute atomic E-state index is 0.0441. The van der Waals surface area contributed by atoms with E-state index >= 15 is 0 Å². The summed E-state index contributed by atoms with van der Waals surface area (Å²) in [6.07, 6.45) is 0. The van der Waals surface area contributed by atoms with Crippen molar-refractivity contribution in [2.24, 2.45) is 0 Å². The maximum Gasteiger partial charge on any atom is 0.0636 e. The van der Waals surface area contributed by atoms with Crippen molar-refractivity contribution in [1.29, 1.82) is 0 Å². The van der Waals surface area contributed by atoms with Gasteiger partial charge in [-0.1, -0.05) is 145 Å². The first-order valence-electron chi connectivity index (χ1n) is 16.8.